The molecule has 1 amide bonds. The van der Waals surface area contributed by atoms with Crippen molar-refractivity contribution in [2.45, 2.75) is 6.92 Å². The van der Waals surface area contributed by atoms with Gasteiger partial charge < -0.3 is 20.5 Å². The first-order chi connectivity index (χ1) is 13.4. The molecule has 1 aromatic carbocycles. The lowest BCUT2D eigenvalue weighted by Crippen LogP contribution is -2.29. The van der Waals surface area contributed by atoms with Crippen molar-refractivity contribution in [2.75, 3.05) is 19.0 Å². The van der Waals surface area contributed by atoms with Crippen LogP contribution >= 0.6 is 11.3 Å². The Morgan fingerprint density at radius 2 is 1.89 bits per heavy atom. The molecule has 0 saturated carbocycles. The van der Waals surface area contributed by atoms with Gasteiger partial charge in [-0.15, -0.1) is 11.3 Å². The predicted octanol–water partition coefficient (Wildman–Crippen LogP) is 2.34. The predicted molar refractivity (Wildman–Crippen MR) is 103 cm³/mol. The van der Waals surface area contributed by atoms with Gasteiger partial charge in [0.1, 0.15) is 28.4 Å². The summed E-state index contributed by atoms with van der Waals surface area (Å²) in [5.74, 6) is -1.49. The molecule has 0 atom stereocenters. The summed E-state index contributed by atoms with van der Waals surface area (Å²) in [7, 11) is 1.32. The summed E-state index contributed by atoms with van der Waals surface area (Å²) in [5.41, 5.74) is 1.72. The zero-order chi connectivity index (χ0) is 20.3. The van der Waals surface area contributed by atoms with Gasteiger partial charge in [0.15, 0.2) is 0 Å². The molecular weight excluding hydrogens is 384 g/mol. The highest BCUT2D eigenvalue weighted by molar-refractivity contribution is 7.20. The first kappa shape index (κ1) is 19.2. The topological polar surface area (TPSA) is 131 Å². The normalized spacial score (nSPS) is 10.5. The SMILES string of the molecule is COC(=O)c1sc2ncnc(Nc3ccc(C(=O)NCC(=O)O)cc3)c2c1C. The number of carbonyl (C=O) groups is 3. The molecule has 3 N–H and O–H groups in total. The van der Waals surface area contributed by atoms with Crippen molar-refractivity contribution in [1.82, 2.24) is 15.3 Å². The molecule has 0 aliphatic heterocycles. The molecule has 0 saturated heterocycles. The van der Waals surface area contributed by atoms with E-state index in [2.05, 4.69) is 20.6 Å². The van der Waals surface area contributed by atoms with Crippen LogP contribution in [0.15, 0.2) is 30.6 Å². The summed E-state index contributed by atoms with van der Waals surface area (Å²) >= 11 is 1.23. The highest BCUT2D eigenvalue weighted by Crippen LogP contribution is 2.34. The number of aromatic nitrogens is 2. The van der Waals surface area contributed by atoms with Crippen molar-refractivity contribution in [3.05, 3.63) is 46.6 Å². The number of fused-ring (bicyclic) bond motifs is 1. The molecule has 3 rings (SSSR count). The van der Waals surface area contributed by atoms with E-state index in [-0.39, 0.29) is 0 Å². The summed E-state index contributed by atoms with van der Waals surface area (Å²) in [6, 6.07) is 6.48. The van der Waals surface area contributed by atoms with E-state index in [1.807, 2.05) is 0 Å². The Kier molecular flexibility index (Phi) is 5.50. The number of esters is 1. The number of carboxylic acid groups (broad SMARTS) is 1. The first-order valence-electron chi connectivity index (χ1n) is 8.10. The Balaban J connectivity index is 1.85. The fraction of sp³-hybridized carbons (Fsp3) is 0.167. The van der Waals surface area contributed by atoms with E-state index in [0.717, 1.165) is 10.9 Å². The highest BCUT2D eigenvalue weighted by atomic mass is 32.1. The number of benzene rings is 1. The fourth-order valence-electron chi connectivity index (χ4n) is 2.55. The number of thiophene rings is 1. The maximum atomic E-state index is 11.9. The van der Waals surface area contributed by atoms with Gasteiger partial charge in [-0.3, -0.25) is 9.59 Å². The van der Waals surface area contributed by atoms with Crippen LogP contribution in [0.3, 0.4) is 0 Å². The third-order valence-corrected chi connectivity index (χ3v) is 5.09. The number of nitrogens with zero attached hydrogens (tertiary/aromatic N) is 2. The number of methoxy groups -OCH3 is 1. The summed E-state index contributed by atoms with van der Waals surface area (Å²) in [5, 5.41) is 14.8. The molecule has 0 aliphatic rings. The van der Waals surface area contributed by atoms with E-state index >= 15 is 0 Å². The van der Waals surface area contributed by atoms with Gasteiger partial charge in [-0.1, -0.05) is 0 Å². The van der Waals surface area contributed by atoms with Gasteiger partial charge in [-0.05, 0) is 36.8 Å². The number of rotatable bonds is 6. The second kappa shape index (κ2) is 8.01. The van der Waals surface area contributed by atoms with E-state index in [9.17, 15) is 14.4 Å². The van der Waals surface area contributed by atoms with E-state index in [4.69, 9.17) is 9.84 Å². The van der Waals surface area contributed by atoms with Crippen molar-refractivity contribution in [2.24, 2.45) is 0 Å². The molecule has 144 valence electrons. The largest absolute Gasteiger partial charge is 0.480 e. The maximum absolute atomic E-state index is 11.9. The number of aliphatic carboxylic acids is 1. The number of ether oxygens (including phenoxy) is 1. The number of amides is 1. The molecule has 0 spiro atoms. The second-order valence-corrected chi connectivity index (χ2v) is 6.73. The van der Waals surface area contributed by atoms with E-state index < -0.39 is 24.4 Å². The van der Waals surface area contributed by atoms with Crippen molar-refractivity contribution in [1.29, 1.82) is 0 Å². The minimum absolute atomic E-state index is 0.333. The van der Waals surface area contributed by atoms with Crippen molar-refractivity contribution >= 4 is 50.9 Å². The molecule has 0 unspecified atom stereocenters. The molecule has 10 heteroatoms. The number of nitrogens with one attached hydrogen (secondary N) is 2. The summed E-state index contributed by atoms with van der Waals surface area (Å²) in [4.78, 5) is 43.9. The Hall–Kier alpha value is -3.53. The zero-order valence-corrected chi connectivity index (χ0v) is 15.8. The van der Waals surface area contributed by atoms with E-state index in [1.165, 1.54) is 24.8 Å². The summed E-state index contributed by atoms with van der Waals surface area (Å²) in [6.45, 7) is 1.35. The number of carbonyl (C=O) groups excluding carboxylic acids is 2. The number of anilines is 2. The highest BCUT2D eigenvalue weighted by Gasteiger charge is 2.19. The molecule has 0 aliphatic carbocycles. The van der Waals surface area contributed by atoms with Crippen LogP contribution in [0.4, 0.5) is 11.5 Å². The Morgan fingerprint density at radius 3 is 2.54 bits per heavy atom. The van der Waals surface area contributed by atoms with Crippen LogP contribution in [0.25, 0.3) is 10.2 Å². The maximum Gasteiger partial charge on any atom is 0.348 e. The fourth-order valence-corrected chi connectivity index (χ4v) is 3.62. The molecule has 2 heterocycles. The molecule has 9 nitrogen and oxygen atoms in total. The average Bonchev–Trinajstić information content (AvgIpc) is 3.03. The van der Waals surface area contributed by atoms with Crippen molar-refractivity contribution in [3.63, 3.8) is 0 Å². The third kappa shape index (κ3) is 3.91. The molecule has 0 fully saturated rings. The Labute approximate surface area is 163 Å². The Morgan fingerprint density at radius 1 is 1.18 bits per heavy atom. The molecule has 0 bridgehead atoms. The van der Waals surface area contributed by atoms with Crippen LogP contribution in [0.2, 0.25) is 0 Å². The molecular formula is C18H16N4O5S. The number of hydrogen-bond acceptors (Lipinski definition) is 8. The van der Waals surface area contributed by atoms with Gasteiger partial charge in [0.05, 0.1) is 12.5 Å². The third-order valence-electron chi connectivity index (χ3n) is 3.91. The smallest absolute Gasteiger partial charge is 0.348 e. The van der Waals surface area contributed by atoms with Gasteiger partial charge in [-0.2, -0.15) is 0 Å². The number of hydrogen-bond donors (Lipinski definition) is 3. The molecule has 3 aromatic rings. The summed E-state index contributed by atoms with van der Waals surface area (Å²) in [6.07, 6.45) is 1.40. The quantitative estimate of drug-likeness (QED) is 0.538. The van der Waals surface area contributed by atoms with Gasteiger partial charge in [0.2, 0.25) is 0 Å². The van der Waals surface area contributed by atoms with Crippen LogP contribution < -0.4 is 10.6 Å². The van der Waals surface area contributed by atoms with E-state index in [1.54, 1.807) is 31.2 Å². The average molecular weight is 400 g/mol. The molecule has 2 aromatic heterocycles. The minimum Gasteiger partial charge on any atom is -0.480 e. The van der Waals surface area contributed by atoms with E-state index in [0.29, 0.717) is 26.8 Å². The van der Waals surface area contributed by atoms with Crippen molar-refractivity contribution in [3.8, 4) is 0 Å². The van der Waals surface area contributed by atoms with Gasteiger partial charge in [-0.25, -0.2) is 14.8 Å². The monoisotopic (exact) mass is 400 g/mol. The number of carboxylic acids is 1. The number of aryl methyl sites for hydroxylation is 1. The lowest BCUT2D eigenvalue weighted by Gasteiger charge is -2.08. The first-order valence-corrected chi connectivity index (χ1v) is 8.92. The van der Waals surface area contributed by atoms with Crippen LogP contribution in [0.1, 0.15) is 25.6 Å². The van der Waals surface area contributed by atoms with Gasteiger partial charge >= 0.3 is 11.9 Å². The summed E-state index contributed by atoms with van der Waals surface area (Å²) < 4.78 is 4.80. The van der Waals surface area contributed by atoms with Crippen LogP contribution in [0.5, 0.6) is 0 Å². The second-order valence-electron chi connectivity index (χ2n) is 5.73. The molecule has 0 radical (unpaired) electrons. The molecule has 28 heavy (non-hydrogen) atoms. The van der Waals surface area contributed by atoms with Crippen LogP contribution in [0, 0.1) is 6.92 Å². The zero-order valence-electron chi connectivity index (χ0n) is 15.0. The Bertz CT molecular complexity index is 1060. The lowest BCUT2D eigenvalue weighted by atomic mass is 10.1. The van der Waals surface area contributed by atoms with Crippen molar-refractivity contribution < 1.29 is 24.2 Å². The van der Waals surface area contributed by atoms with Crippen LogP contribution in [-0.2, 0) is 9.53 Å². The van der Waals surface area contributed by atoms with Gasteiger partial charge in [0, 0.05) is 11.3 Å². The standard InChI is InChI=1S/C18H16N4O5S/c1-9-13-15(20-8-21-17(13)28-14(9)18(26)27-2)22-11-5-3-10(4-6-11)16(25)19-7-12(23)24/h3-6,8H,7H2,1-2H3,(H,19,25)(H,23,24)(H,20,21,22). The van der Waals surface area contributed by atoms with Crippen LogP contribution in [-0.4, -0.2) is 46.6 Å². The lowest BCUT2D eigenvalue weighted by molar-refractivity contribution is -0.135. The van der Waals surface area contributed by atoms with Gasteiger partial charge in [0.25, 0.3) is 5.91 Å². The minimum atomic E-state index is -1.11.